The molecule has 0 unspecified atom stereocenters. The second kappa shape index (κ2) is 10.7. The minimum atomic E-state index is -3.70. The molecule has 1 saturated heterocycles. The van der Waals surface area contributed by atoms with E-state index in [0.717, 1.165) is 31.7 Å². The van der Waals surface area contributed by atoms with Gasteiger partial charge in [-0.3, -0.25) is 4.90 Å². The summed E-state index contributed by atoms with van der Waals surface area (Å²) < 4.78 is 34.7. The van der Waals surface area contributed by atoms with Gasteiger partial charge in [0, 0.05) is 43.8 Å². The third-order valence-corrected chi connectivity index (χ3v) is 7.61. The molecule has 1 heterocycles. The molecule has 3 aromatic rings. The number of benzene rings is 3. The van der Waals surface area contributed by atoms with E-state index in [0.29, 0.717) is 16.5 Å². The average Bonchev–Trinajstić information content (AvgIpc) is 2.82. The van der Waals surface area contributed by atoms with Crippen molar-refractivity contribution in [1.82, 2.24) is 14.5 Å². The van der Waals surface area contributed by atoms with Crippen molar-refractivity contribution < 1.29 is 13.2 Å². The summed E-state index contributed by atoms with van der Waals surface area (Å²) in [4.78, 5) is 4.75. The van der Waals surface area contributed by atoms with Gasteiger partial charge in [-0.25, -0.2) is 13.1 Å². The van der Waals surface area contributed by atoms with Crippen LogP contribution in [0.3, 0.4) is 0 Å². The molecule has 0 bridgehead atoms. The van der Waals surface area contributed by atoms with Gasteiger partial charge in [-0.05, 0) is 55.1 Å². The van der Waals surface area contributed by atoms with Crippen LogP contribution in [-0.4, -0.2) is 58.0 Å². The first-order chi connectivity index (χ1) is 15.9. The third-order valence-electron chi connectivity index (χ3n) is 5.82. The van der Waals surface area contributed by atoms with Gasteiger partial charge in [0.2, 0.25) is 10.0 Å². The lowest BCUT2D eigenvalue weighted by molar-refractivity contribution is 0.113. The summed E-state index contributed by atoms with van der Waals surface area (Å²) in [5.74, 6) is 1.27. The molecule has 8 heteroatoms. The summed E-state index contributed by atoms with van der Waals surface area (Å²) in [6.45, 7) is 3.78. The monoisotopic (exact) mass is 485 g/mol. The summed E-state index contributed by atoms with van der Waals surface area (Å²) in [5, 5.41) is 0.642. The molecule has 0 radical (unpaired) electrons. The molecule has 33 heavy (non-hydrogen) atoms. The van der Waals surface area contributed by atoms with Gasteiger partial charge in [0.05, 0.1) is 4.90 Å². The van der Waals surface area contributed by atoms with E-state index in [2.05, 4.69) is 21.6 Å². The highest BCUT2D eigenvalue weighted by Crippen LogP contribution is 2.29. The smallest absolute Gasteiger partial charge is 0.240 e. The lowest BCUT2D eigenvalue weighted by Crippen LogP contribution is -2.48. The molecule has 1 aliphatic rings. The maximum atomic E-state index is 13.0. The molecule has 0 aromatic heterocycles. The fraction of sp³-hybridized carbons (Fsp3) is 0.280. The van der Waals surface area contributed by atoms with Crippen LogP contribution < -0.4 is 9.46 Å². The van der Waals surface area contributed by atoms with E-state index in [9.17, 15) is 8.42 Å². The molecule has 174 valence electrons. The van der Waals surface area contributed by atoms with Crippen molar-refractivity contribution in [1.29, 1.82) is 0 Å². The van der Waals surface area contributed by atoms with E-state index in [-0.39, 0.29) is 17.5 Å². The Labute approximate surface area is 200 Å². The predicted octanol–water partition coefficient (Wildman–Crippen LogP) is 4.40. The van der Waals surface area contributed by atoms with Gasteiger partial charge >= 0.3 is 0 Å². The van der Waals surface area contributed by atoms with Gasteiger partial charge < -0.3 is 9.64 Å². The molecule has 6 nitrogen and oxygen atoms in total. The van der Waals surface area contributed by atoms with Gasteiger partial charge in [-0.2, -0.15) is 0 Å². The standard InChI is InChI=1S/C25H28ClN3O3S/c1-28-15-17-29(18-16-28)25(23-9-5-6-10-24(23)26)19-27-33(30,31)22-13-11-21(12-14-22)32-20-7-3-2-4-8-20/h2-14,25,27H,15-19H2,1H3/t25-/m0/s1. The Morgan fingerprint density at radius 2 is 1.48 bits per heavy atom. The molecule has 1 atom stereocenters. The van der Waals surface area contributed by atoms with Gasteiger partial charge in [-0.15, -0.1) is 0 Å². The minimum absolute atomic E-state index is 0.150. The maximum absolute atomic E-state index is 13.0. The van der Waals surface area contributed by atoms with Crippen molar-refractivity contribution in [2.45, 2.75) is 10.9 Å². The van der Waals surface area contributed by atoms with Crippen LogP contribution in [0.5, 0.6) is 11.5 Å². The van der Waals surface area contributed by atoms with Crippen molar-refractivity contribution in [3.63, 3.8) is 0 Å². The molecule has 4 rings (SSSR count). The van der Waals surface area contributed by atoms with Crippen LogP contribution in [0, 0.1) is 0 Å². The second-order valence-electron chi connectivity index (χ2n) is 8.11. The summed E-state index contributed by atoms with van der Waals surface area (Å²) in [5.41, 5.74) is 0.929. The first-order valence-electron chi connectivity index (χ1n) is 10.9. The number of sulfonamides is 1. The van der Waals surface area contributed by atoms with Gasteiger partial charge in [0.25, 0.3) is 0 Å². The molecular weight excluding hydrogens is 458 g/mol. The fourth-order valence-corrected chi connectivity index (χ4v) is 5.20. The Hall–Kier alpha value is -2.42. The van der Waals surface area contributed by atoms with Gasteiger partial charge in [-0.1, -0.05) is 48.0 Å². The normalized spacial score (nSPS) is 16.4. The summed E-state index contributed by atoms with van der Waals surface area (Å²) >= 11 is 6.49. The van der Waals surface area contributed by atoms with E-state index in [4.69, 9.17) is 16.3 Å². The number of piperazine rings is 1. The number of rotatable bonds is 8. The van der Waals surface area contributed by atoms with Crippen LogP contribution in [-0.2, 0) is 10.0 Å². The average molecular weight is 486 g/mol. The Bertz CT molecular complexity index is 1150. The molecule has 0 spiro atoms. The summed E-state index contributed by atoms with van der Waals surface area (Å²) in [6, 6.07) is 23.3. The molecule has 0 aliphatic carbocycles. The van der Waals surface area contributed by atoms with Crippen molar-refractivity contribution >= 4 is 21.6 Å². The van der Waals surface area contributed by atoms with E-state index in [1.54, 1.807) is 24.3 Å². The Kier molecular flexibility index (Phi) is 7.67. The van der Waals surface area contributed by atoms with Crippen LogP contribution in [0.15, 0.2) is 83.8 Å². The van der Waals surface area contributed by atoms with Crippen LogP contribution in [0.2, 0.25) is 5.02 Å². The lowest BCUT2D eigenvalue weighted by Gasteiger charge is -2.38. The lowest BCUT2D eigenvalue weighted by atomic mass is 10.0. The van der Waals surface area contributed by atoms with Crippen molar-refractivity contribution in [2.24, 2.45) is 0 Å². The highest BCUT2D eigenvalue weighted by Gasteiger charge is 2.27. The minimum Gasteiger partial charge on any atom is -0.457 e. The molecular formula is C25H28ClN3O3S. The van der Waals surface area contributed by atoms with E-state index in [1.807, 2.05) is 54.6 Å². The largest absolute Gasteiger partial charge is 0.457 e. The summed E-state index contributed by atoms with van der Waals surface area (Å²) in [7, 11) is -1.61. The summed E-state index contributed by atoms with van der Waals surface area (Å²) in [6.07, 6.45) is 0. The number of para-hydroxylation sites is 1. The molecule has 1 aliphatic heterocycles. The zero-order chi connectivity index (χ0) is 23.3. The Balaban J connectivity index is 1.48. The first-order valence-corrected chi connectivity index (χ1v) is 12.8. The zero-order valence-corrected chi connectivity index (χ0v) is 20.1. The molecule has 0 saturated carbocycles. The number of nitrogens with one attached hydrogen (secondary N) is 1. The zero-order valence-electron chi connectivity index (χ0n) is 18.5. The van der Waals surface area contributed by atoms with Crippen molar-refractivity contribution in [3.8, 4) is 11.5 Å². The topological polar surface area (TPSA) is 61.9 Å². The SMILES string of the molecule is CN1CCN([C@@H](CNS(=O)(=O)c2ccc(Oc3ccccc3)cc2)c2ccccc2Cl)CC1. The number of ether oxygens (including phenoxy) is 1. The quantitative estimate of drug-likeness (QED) is 0.512. The van der Waals surface area contributed by atoms with E-state index in [1.165, 1.54) is 0 Å². The second-order valence-corrected chi connectivity index (χ2v) is 10.3. The number of hydrogen-bond acceptors (Lipinski definition) is 5. The highest BCUT2D eigenvalue weighted by molar-refractivity contribution is 7.89. The molecule has 1 fully saturated rings. The highest BCUT2D eigenvalue weighted by atomic mass is 35.5. The maximum Gasteiger partial charge on any atom is 0.240 e. The number of nitrogens with zero attached hydrogens (tertiary/aromatic N) is 2. The van der Waals surface area contributed by atoms with E-state index >= 15 is 0 Å². The Morgan fingerprint density at radius 3 is 2.15 bits per heavy atom. The molecule has 3 aromatic carbocycles. The predicted molar refractivity (Wildman–Crippen MR) is 131 cm³/mol. The Morgan fingerprint density at radius 1 is 0.879 bits per heavy atom. The van der Waals surface area contributed by atoms with Crippen LogP contribution in [0.25, 0.3) is 0 Å². The number of hydrogen-bond donors (Lipinski definition) is 1. The fourth-order valence-electron chi connectivity index (χ4n) is 3.90. The van der Waals surface area contributed by atoms with Crippen molar-refractivity contribution in [3.05, 3.63) is 89.4 Å². The molecule has 0 amide bonds. The molecule has 1 N–H and O–H groups in total. The van der Waals surface area contributed by atoms with Crippen LogP contribution in [0.4, 0.5) is 0 Å². The first kappa shape index (κ1) is 23.7. The van der Waals surface area contributed by atoms with Crippen LogP contribution in [0.1, 0.15) is 11.6 Å². The third kappa shape index (κ3) is 6.13. The number of halogens is 1. The van der Waals surface area contributed by atoms with Gasteiger partial charge in [0.1, 0.15) is 11.5 Å². The van der Waals surface area contributed by atoms with Gasteiger partial charge in [0.15, 0.2) is 0 Å². The van der Waals surface area contributed by atoms with Crippen molar-refractivity contribution in [2.75, 3.05) is 39.8 Å². The van der Waals surface area contributed by atoms with Crippen LogP contribution >= 0.6 is 11.6 Å². The van der Waals surface area contributed by atoms with E-state index < -0.39 is 10.0 Å². The number of likely N-dealkylation sites (N-methyl/N-ethyl adjacent to an activating group) is 1.